The molecular weight excluding hydrogens is 336 g/mol. The molecule has 7 heteroatoms. The number of hydrogen-bond donors (Lipinski definition) is 1. The van der Waals surface area contributed by atoms with Crippen molar-refractivity contribution in [1.29, 1.82) is 0 Å². The summed E-state index contributed by atoms with van der Waals surface area (Å²) in [6.45, 7) is 0. The van der Waals surface area contributed by atoms with Gasteiger partial charge in [0.25, 0.3) is 0 Å². The van der Waals surface area contributed by atoms with Crippen LogP contribution < -0.4 is 5.14 Å². The molecule has 0 atom stereocenters. The van der Waals surface area contributed by atoms with E-state index in [4.69, 9.17) is 24.0 Å². The third kappa shape index (κ3) is 3.14. The van der Waals surface area contributed by atoms with Gasteiger partial charge in [-0.15, -0.1) is 11.6 Å². The molecule has 0 radical (unpaired) electrons. The van der Waals surface area contributed by atoms with Crippen LogP contribution in [0.4, 0.5) is 0 Å². The van der Waals surface area contributed by atoms with Gasteiger partial charge in [-0.2, -0.15) is 0 Å². The fourth-order valence-corrected chi connectivity index (χ4v) is 2.87. The molecular formula is C16H13ClN2O3S. The standard InChI is InChI=1S/C16H13ClN2O3S/c17-10-14-15(11-6-8-13(9-7-11)23(18,20)21)16(19-22-14)12-4-2-1-3-5-12/h1-9H,10H2,(H2,18,20,21)/i10D2. The first-order chi connectivity index (χ1) is 11.7. The van der Waals surface area contributed by atoms with Crippen molar-refractivity contribution in [3.05, 3.63) is 60.4 Å². The molecule has 3 aromatic rings. The Labute approximate surface area is 141 Å². The van der Waals surface area contributed by atoms with E-state index in [0.717, 1.165) is 0 Å². The zero-order valence-corrected chi connectivity index (χ0v) is 13.3. The van der Waals surface area contributed by atoms with Crippen LogP contribution >= 0.6 is 11.6 Å². The molecule has 0 aliphatic carbocycles. The molecule has 2 aromatic carbocycles. The number of alkyl halides is 1. The van der Waals surface area contributed by atoms with Gasteiger partial charge in [-0.05, 0) is 17.7 Å². The van der Waals surface area contributed by atoms with Gasteiger partial charge in [0, 0.05) is 5.56 Å². The molecule has 0 aliphatic rings. The quantitative estimate of drug-likeness (QED) is 0.730. The number of nitrogens with zero attached hydrogens (tertiary/aromatic N) is 1. The predicted octanol–water partition coefficient (Wildman–Crippen LogP) is 3.39. The molecule has 3 rings (SSSR count). The van der Waals surface area contributed by atoms with Gasteiger partial charge in [-0.3, -0.25) is 0 Å². The molecule has 118 valence electrons. The van der Waals surface area contributed by atoms with Gasteiger partial charge in [-0.1, -0.05) is 47.6 Å². The Kier molecular flexibility index (Phi) is 3.56. The normalized spacial score (nSPS) is 13.5. The highest BCUT2D eigenvalue weighted by molar-refractivity contribution is 7.89. The second-order valence-electron chi connectivity index (χ2n) is 4.77. The Morgan fingerprint density at radius 2 is 1.74 bits per heavy atom. The fraction of sp³-hybridized carbons (Fsp3) is 0.0625. The minimum absolute atomic E-state index is 0.0515. The Bertz CT molecular complexity index is 998. The molecule has 2 N–H and O–H groups in total. The highest BCUT2D eigenvalue weighted by atomic mass is 35.5. The molecule has 23 heavy (non-hydrogen) atoms. The highest BCUT2D eigenvalue weighted by Crippen LogP contribution is 2.35. The minimum atomic E-state index is -3.83. The molecule has 0 unspecified atom stereocenters. The topological polar surface area (TPSA) is 86.2 Å². The van der Waals surface area contributed by atoms with E-state index in [1.54, 1.807) is 12.1 Å². The summed E-state index contributed by atoms with van der Waals surface area (Å²) in [6.07, 6.45) is 0. The second-order valence-corrected chi connectivity index (χ2v) is 6.52. The van der Waals surface area contributed by atoms with Crippen LogP contribution in [0.15, 0.2) is 64.0 Å². The van der Waals surface area contributed by atoms with Crippen LogP contribution in [-0.2, 0) is 15.9 Å². The molecule has 5 nitrogen and oxygen atoms in total. The van der Waals surface area contributed by atoms with E-state index in [1.807, 2.05) is 18.2 Å². The van der Waals surface area contributed by atoms with Crippen LogP contribution in [0.2, 0.25) is 0 Å². The number of rotatable bonds is 4. The maximum atomic E-state index is 11.4. The number of sulfonamides is 1. The lowest BCUT2D eigenvalue weighted by Crippen LogP contribution is -2.11. The van der Waals surface area contributed by atoms with Crippen LogP contribution in [-0.4, -0.2) is 13.6 Å². The minimum Gasteiger partial charge on any atom is -0.359 e. The molecule has 0 saturated heterocycles. The number of halogens is 1. The van der Waals surface area contributed by atoms with E-state index in [9.17, 15) is 8.42 Å². The third-order valence-corrected chi connectivity index (χ3v) is 4.40. The molecule has 0 saturated carbocycles. The van der Waals surface area contributed by atoms with Crippen molar-refractivity contribution in [2.75, 3.05) is 0 Å². The lowest BCUT2D eigenvalue weighted by Gasteiger charge is -2.05. The first-order valence-electron chi connectivity index (χ1n) is 7.55. The maximum Gasteiger partial charge on any atom is 0.238 e. The van der Waals surface area contributed by atoms with Gasteiger partial charge in [0.15, 0.2) is 5.76 Å². The van der Waals surface area contributed by atoms with Crippen LogP contribution in [0, 0.1) is 0 Å². The number of hydrogen-bond acceptors (Lipinski definition) is 4. The fourth-order valence-electron chi connectivity index (χ4n) is 2.23. The lowest BCUT2D eigenvalue weighted by atomic mass is 9.99. The number of aromatic nitrogens is 1. The Balaban J connectivity index is 2.21. The van der Waals surface area contributed by atoms with Crippen molar-refractivity contribution in [1.82, 2.24) is 5.16 Å². The van der Waals surface area contributed by atoms with Crippen molar-refractivity contribution >= 4 is 21.6 Å². The molecule has 0 spiro atoms. The van der Waals surface area contributed by atoms with E-state index in [2.05, 4.69) is 5.16 Å². The summed E-state index contributed by atoms with van der Waals surface area (Å²) in [7, 11) is -3.83. The average molecular weight is 351 g/mol. The third-order valence-electron chi connectivity index (χ3n) is 3.30. The Morgan fingerprint density at radius 1 is 1.09 bits per heavy atom. The molecule has 0 fully saturated rings. The van der Waals surface area contributed by atoms with Crippen molar-refractivity contribution in [2.45, 2.75) is 10.7 Å². The van der Waals surface area contributed by atoms with Crippen molar-refractivity contribution in [3.63, 3.8) is 0 Å². The summed E-state index contributed by atoms with van der Waals surface area (Å²) >= 11 is 5.80. The zero-order valence-electron chi connectivity index (χ0n) is 13.7. The summed E-state index contributed by atoms with van der Waals surface area (Å²) in [4.78, 5) is -0.0515. The lowest BCUT2D eigenvalue weighted by molar-refractivity contribution is 0.397. The van der Waals surface area contributed by atoms with Gasteiger partial charge in [0.05, 0.1) is 19.0 Å². The first-order valence-corrected chi connectivity index (χ1v) is 8.48. The molecule has 0 bridgehead atoms. The SMILES string of the molecule is [2H]C([2H])(Cl)c1onc(-c2ccccc2)c1-c1ccc(S(N)(=O)=O)cc1. The number of primary sulfonamides is 1. The van der Waals surface area contributed by atoms with Crippen molar-refractivity contribution in [3.8, 4) is 22.4 Å². The molecule has 1 heterocycles. The summed E-state index contributed by atoms with van der Waals surface area (Å²) in [6, 6.07) is 14.7. The summed E-state index contributed by atoms with van der Waals surface area (Å²) in [5.74, 6) is -2.44. The van der Waals surface area contributed by atoms with Gasteiger partial charge in [0.2, 0.25) is 10.0 Å². The summed E-state index contributed by atoms with van der Waals surface area (Å²) < 4.78 is 43.5. The number of benzene rings is 2. The van der Waals surface area contributed by atoms with Crippen LogP contribution in [0.5, 0.6) is 0 Å². The zero-order chi connectivity index (χ0) is 18.2. The van der Waals surface area contributed by atoms with E-state index in [-0.39, 0.29) is 10.7 Å². The largest absolute Gasteiger partial charge is 0.359 e. The van der Waals surface area contributed by atoms with Crippen molar-refractivity contribution in [2.24, 2.45) is 5.14 Å². The maximum absolute atomic E-state index is 11.4. The Morgan fingerprint density at radius 3 is 2.30 bits per heavy atom. The van der Waals surface area contributed by atoms with Crippen LogP contribution in [0.25, 0.3) is 22.4 Å². The summed E-state index contributed by atoms with van der Waals surface area (Å²) in [5.41, 5.74) is 1.98. The monoisotopic (exact) mass is 350 g/mol. The van der Waals surface area contributed by atoms with Crippen LogP contribution in [0.1, 0.15) is 8.50 Å². The average Bonchev–Trinajstić information content (AvgIpc) is 3.00. The molecule has 0 aliphatic heterocycles. The second kappa shape index (κ2) is 6.16. The molecule has 1 aromatic heterocycles. The smallest absolute Gasteiger partial charge is 0.238 e. The van der Waals surface area contributed by atoms with E-state index >= 15 is 0 Å². The van der Waals surface area contributed by atoms with Gasteiger partial charge in [0.1, 0.15) is 5.69 Å². The Hall–Kier alpha value is -2.15. The first kappa shape index (κ1) is 13.3. The van der Waals surface area contributed by atoms with E-state index in [0.29, 0.717) is 22.4 Å². The van der Waals surface area contributed by atoms with Gasteiger partial charge < -0.3 is 4.52 Å². The summed E-state index contributed by atoms with van der Waals surface area (Å²) in [5, 5.41) is 9.06. The highest BCUT2D eigenvalue weighted by Gasteiger charge is 2.19. The van der Waals surface area contributed by atoms with Gasteiger partial charge >= 0.3 is 0 Å². The number of nitrogens with two attached hydrogens (primary N) is 1. The van der Waals surface area contributed by atoms with E-state index < -0.39 is 15.9 Å². The van der Waals surface area contributed by atoms with E-state index in [1.165, 1.54) is 24.3 Å². The van der Waals surface area contributed by atoms with Crippen LogP contribution in [0.3, 0.4) is 0 Å². The predicted molar refractivity (Wildman–Crippen MR) is 88.3 cm³/mol. The van der Waals surface area contributed by atoms with Crippen molar-refractivity contribution < 1.29 is 15.7 Å². The molecule has 0 amide bonds. The van der Waals surface area contributed by atoms with Gasteiger partial charge in [-0.25, -0.2) is 13.6 Å².